The maximum atomic E-state index is 13.9. The lowest BCUT2D eigenvalue weighted by atomic mass is 10.0. The maximum absolute atomic E-state index is 13.9. The maximum Gasteiger partial charge on any atom is 0.408 e. The molecule has 2 aromatic carbocycles. The standard InChI is InChI=1S/C29H34ClN3O5/c1-7-19-11-13-20(14-12-19)25(26(35)32-24-17(2)9-8-10-21(24)30)33(23-15-18(23)3)27(36)22(16-34)31-28(37)38-29(4,5)6/h1,8-14,18,22-23,25,34H,15-16H2,2-6H3,(H,31,37)(H,32,35). The number of nitrogens with zero attached hydrogens (tertiary/aromatic N) is 1. The lowest BCUT2D eigenvalue weighted by molar-refractivity contribution is -0.142. The van der Waals surface area contributed by atoms with Gasteiger partial charge in [0.25, 0.3) is 5.91 Å². The molecule has 0 radical (unpaired) electrons. The first-order valence-corrected chi connectivity index (χ1v) is 12.8. The lowest BCUT2D eigenvalue weighted by Crippen LogP contribution is -2.54. The minimum atomic E-state index is -1.32. The van der Waals surface area contributed by atoms with E-state index >= 15 is 0 Å². The lowest BCUT2D eigenvalue weighted by Gasteiger charge is -2.34. The van der Waals surface area contributed by atoms with Crippen molar-refractivity contribution in [1.82, 2.24) is 10.2 Å². The number of aliphatic hydroxyl groups excluding tert-OH is 1. The molecule has 1 fully saturated rings. The van der Waals surface area contributed by atoms with Gasteiger partial charge in [-0.1, -0.05) is 48.7 Å². The van der Waals surface area contributed by atoms with Crippen LogP contribution < -0.4 is 10.6 Å². The Morgan fingerprint density at radius 2 is 1.84 bits per heavy atom. The number of rotatable bonds is 8. The highest BCUT2D eigenvalue weighted by Gasteiger charge is 2.48. The molecule has 0 bridgehead atoms. The minimum Gasteiger partial charge on any atom is -0.444 e. The van der Waals surface area contributed by atoms with Crippen LogP contribution in [0.2, 0.25) is 5.02 Å². The number of hydrogen-bond acceptors (Lipinski definition) is 5. The molecule has 3 rings (SSSR count). The van der Waals surface area contributed by atoms with E-state index in [0.29, 0.717) is 28.3 Å². The normalized spacial score (nSPS) is 17.9. The van der Waals surface area contributed by atoms with E-state index in [2.05, 4.69) is 16.6 Å². The topological polar surface area (TPSA) is 108 Å². The summed E-state index contributed by atoms with van der Waals surface area (Å²) in [6.45, 7) is 8.18. The second kappa shape index (κ2) is 11.9. The Kier molecular flexibility index (Phi) is 9.08. The van der Waals surface area contributed by atoms with Gasteiger partial charge in [-0.2, -0.15) is 0 Å². The summed E-state index contributed by atoms with van der Waals surface area (Å²) in [5.74, 6) is 1.56. The van der Waals surface area contributed by atoms with Crippen LogP contribution in [0, 0.1) is 25.2 Å². The zero-order chi connectivity index (χ0) is 28.2. The van der Waals surface area contributed by atoms with Crippen molar-refractivity contribution in [3.63, 3.8) is 0 Å². The highest BCUT2D eigenvalue weighted by Crippen LogP contribution is 2.41. The van der Waals surface area contributed by atoms with Crippen molar-refractivity contribution in [1.29, 1.82) is 0 Å². The molecule has 1 aliphatic carbocycles. The number of aliphatic hydroxyl groups is 1. The Labute approximate surface area is 228 Å². The second-order valence-electron chi connectivity index (χ2n) is 10.5. The first-order chi connectivity index (χ1) is 17.9. The first kappa shape index (κ1) is 29.0. The van der Waals surface area contributed by atoms with Gasteiger partial charge in [-0.15, -0.1) is 6.42 Å². The fourth-order valence-electron chi connectivity index (χ4n) is 4.17. The summed E-state index contributed by atoms with van der Waals surface area (Å²) in [7, 11) is 0. The molecule has 3 amide bonds. The number of hydrogen-bond donors (Lipinski definition) is 3. The number of carbonyl (C=O) groups excluding carboxylic acids is 3. The number of benzene rings is 2. The third kappa shape index (κ3) is 7.06. The highest BCUT2D eigenvalue weighted by molar-refractivity contribution is 6.34. The van der Waals surface area contributed by atoms with Crippen molar-refractivity contribution in [2.24, 2.45) is 5.92 Å². The van der Waals surface area contributed by atoms with Crippen molar-refractivity contribution in [3.8, 4) is 12.3 Å². The largest absolute Gasteiger partial charge is 0.444 e. The Morgan fingerprint density at radius 3 is 2.34 bits per heavy atom. The highest BCUT2D eigenvalue weighted by atomic mass is 35.5. The van der Waals surface area contributed by atoms with Crippen LogP contribution in [0.25, 0.3) is 0 Å². The van der Waals surface area contributed by atoms with Crippen LogP contribution in [0.3, 0.4) is 0 Å². The summed E-state index contributed by atoms with van der Waals surface area (Å²) in [5, 5.41) is 15.8. The van der Waals surface area contributed by atoms with Crippen LogP contribution in [-0.2, 0) is 14.3 Å². The first-order valence-electron chi connectivity index (χ1n) is 12.4. The van der Waals surface area contributed by atoms with Gasteiger partial charge in [-0.05, 0) is 69.4 Å². The van der Waals surface area contributed by atoms with E-state index in [9.17, 15) is 19.5 Å². The number of amides is 3. The van der Waals surface area contributed by atoms with E-state index in [-0.39, 0.29) is 12.0 Å². The molecule has 0 saturated heterocycles. The van der Waals surface area contributed by atoms with E-state index in [1.807, 2.05) is 19.9 Å². The van der Waals surface area contributed by atoms with Crippen molar-refractivity contribution in [3.05, 3.63) is 64.2 Å². The molecule has 1 saturated carbocycles. The van der Waals surface area contributed by atoms with Crippen LogP contribution in [0.15, 0.2) is 42.5 Å². The van der Waals surface area contributed by atoms with Crippen molar-refractivity contribution in [2.75, 3.05) is 11.9 Å². The number of para-hydroxylation sites is 1. The average molecular weight is 540 g/mol. The molecule has 4 unspecified atom stereocenters. The van der Waals surface area contributed by atoms with Crippen LogP contribution >= 0.6 is 11.6 Å². The second-order valence-corrected chi connectivity index (χ2v) is 10.9. The number of aryl methyl sites for hydroxylation is 1. The predicted molar refractivity (Wildman–Crippen MR) is 147 cm³/mol. The summed E-state index contributed by atoms with van der Waals surface area (Å²) < 4.78 is 5.28. The monoisotopic (exact) mass is 539 g/mol. The summed E-state index contributed by atoms with van der Waals surface area (Å²) in [4.78, 5) is 41.7. The number of carbonyl (C=O) groups is 3. The molecule has 3 N–H and O–H groups in total. The van der Waals surface area contributed by atoms with Gasteiger partial charge in [0.05, 0.1) is 17.3 Å². The Hall–Kier alpha value is -3.54. The molecular formula is C29H34ClN3O5. The number of terminal acetylenes is 1. The SMILES string of the molecule is C#Cc1ccc(C(C(=O)Nc2c(C)cccc2Cl)N(C(=O)C(CO)NC(=O)OC(C)(C)C)C2CC2C)cc1. The molecule has 0 aromatic heterocycles. The minimum absolute atomic E-state index is 0.113. The summed E-state index contributed by atoms with van der Waals surface area (Å²) in [5.41, 5.74) is 1.53. The van der Waals surface area contributed by atoms with Crippen molar-refractivity contribution < 1.29 is 24.2 Å². The number of ether oxygens (including phenoxy) is 1. The zero-order valence-corrected chi connectivity index (χ0v) is 23.0. The third-order valence-electron chi connectivity index (χ3n) is 6.24. The number of halogens is 1. The number of alkyl carbamates (subject to hydrolysis) is 1. The zero-order valence-electron chi connectivity index (χ0n) is 22.2. The summed E-state index contributed by atoms with van der Waals surface area (Å²) in [6.07, 6.45) is 5.33. The van der Waals surface area contributed by atoms with Gasteiger partial charge in [-0.3, -0.25) is 9.59 Å². The van der Waals surface area contributed by atoms with E-state index in [1.54, 1.807) is 57.2 Å². The van der Waals surface area contributed by atoms with Crippen LogP contribution in [0.1, 0.15) is 56.8 Å². The van der Waals surface area contributed by atoms with Crippen LogP contribution in [-0.4, -0.2) is 52.2 Å². The molecule has 8 nitrogen and oxygen atoms in total. The Balaban J connectivity index is 2.03. The molecule has 202 valence electrons. The number of nitrogens with one attached hydrogen (secondary N) is 2. The van der Waals surface area contributed by atoms with Crippen LogP contribution in [0.4, 0.5) is 10.5 Å². The van der Waals surface area contributed by atoms with Gasteiger partial charge in [0.15, 0.2) is 0 Å². The smallest absolute Gasteiger partial charge is 0.408 e. The Morgan fingerprint density at radius 1 is 1.21 bits per heavy atom. The fourth-order valence-corrected chi connectivity index (χ4v) is 4.44. The van der Waals surface area contributed by atoms with Crippen molar-refractivity contribution in [2.45, 2.75) is 64.8 Å². The molecule has 0 heterocycles. The van der Waals surface area contributed by atoms with Gasteiger partial charge in [-0.25, -0.2) is 4.79 Å². The molecular weight excluding hydrogens is 506 g/mol. The van der Waals surface area contributed by atoms with Crippen LogP contribution in [0.5, 0.6) is 0 Å². The van der Waals surface area contributed by atoms with Gasteiger partial charge < -0.3 is 25.4 Å². The molecule has 9 heteroatoms. The third-order valence-corrected chi connectivity index (χ3v) is 6.56. The molecule has 4 atom stereocenters. The quantitative estimate of drug-likeness (QED) is 0.430. The van der Waals surface area contributed by atoms with E-state index < -0.39 is 42.2 Å². The predicted octanol–water partition coefficient (Wildman–Crippen LogP) is 4.43. The van der Waals surface area contributed by atoms with Gasteiger partial charge in [0.2, 0.25) is 5.91 Å². The van der Waals surface area contributed by atoms with E-state index in [0.717, 1.165) is 5.56 Å². The van der Waals surface area contributed by atoms with E-state index in [1.165, 1.54) is 4.90 Å². The van der Waals surface area contributed by atoms with E-state index in [4.69, 9.17) is 22.8 Å². The fraction of sp³-hybridized carbons (Fsp3) is 0.414. The average Bonchev–Trinajstić information content (AvgIpc) is 3.57. The van der Waals surface area contributed by atoms with Crippen molar-refractivity contribution >= 4 is 35.2 Å². The van der Waals surface area contributed by atoms with Gasteiger partial charge in [0.1, 0.15) is 17.7 Å². The molecule has 38 heavy (non-hydrogen) atoms. The molecule has 1 aliphatic rings. The summed E-state index contributed by atoms with van der Waals surface area (Å²) >= 11 is 6.38. The molecule has 0 spiro atoms. The Bertz CT molecular complexity index is 1210. The van der Waals surface area contributed by atoms with Gasteiger partial charge >= 0.3 is 6.09 Å². The number of anilines is 1. The summed E-state index contributed by atoms with van der Waals surface area (Å²) in [6, 6.07) is 9.34. The molecule has 0 aliphatic heterocycles. The van der Waals surface area contributed by atoms with Gasteiger partial charge in [0, 0.05) is 11.6 Å². The molecule has 2 aromatic rings.